The number of pyridine rings is 1. The minimum Gasteiger partial charge on any atom is -0.465 e. The molecule has 8 nitrogen and oxygen atoms in total. The number of aromatic amines is 1. The summed E-state index contributed by atoms with van der Waals surface area (Å²) in [6.45, 7) is 3.69. The summed E-state index contributed by atoms with van der Waals surface area (Å²) in [5, 5.41) is 22.0. The molecule has 1 saturated carbocycles. The summed E-state index contributed by atoms with van der Waals surface area (Å²) in [5.41, 5.74) is 2.35. The van der Waals surface area contributed by atoms with Gasteiger partial charge in [0.1, 0.15) is 0 Å². The van der Waals surface area contributed by atoms with Crippen molar-refractivity contribution in [2.45, 2.75) is 57.9 Å². The lowest BCUT2D eigenvalue weighted by Crippen LogP contribution is -2.32. The van der Waals surface area contributed by atoms with Gasteiger partial charge in [-0.25, -0.2) is 4.79 Å². The van der Waals surface area contributed by atoms with Crippen LogP contribution >= 0.6 is 11.6 Å². The highest BCUT2D eigenvalue weighted by molar-refractivity contribution is 6.31. The van der Waals surface area contributed by atoms with E-state index in [9.17, 15) is 9.59 Å². The quantitative estimate of drug-likeness (QED) is 0.542. The molecule has 1 aliphatic carbocycles. The number of carboxylic acid groups (broad SMARTS) is 1. The van der Waals surface area contributed by atoms with Crippen LogP contribution in [-0.4, -0.2) is 38.3 Å². The topological polar surface area (TPSA) is 120 Å². The van der Waals surface area contributed by atoms with Crippen molar-refractivity contribution < 1.29 is 14.7 Å². The van der Waals surface area contributed by atoms with E-state index in [1.165, 1.54) is 0 Å². The van der Waals surface area contributed by atoms with E-state index in [0.717, 1.165) is 31.4 Å². The molecule has 1 fully saturated rings. The smallest absolute Gasteiger partial charge is 0.404 e. The predicted octanol–water partition coefficient (Wildman–Crippen LogP) is 3.88. The molecule has 3 unspecified atom stereocenters. The Bertz CT molecular complexity index is 885. The van der Waals surface area contributed by atoms with Crippen LogP contribution in [0.1, 0.15) is 55.6 Å². The lowest BCUT2D eigenvalue weighted by molar-refractivity contribution is -0.115. The summed E-state index contributed by atoms with van der Waals surface area (Å²) in [6, 6.07) is 5.30. The first kappa shape index (κ1) is 21.1. The minimum absolute atomic E-state index is 0.0574. The number of hydrogen-bond donors (Lipinski definition) is 4. The average Bonchev–Trinajstić information content (AvgIpc) is 3.26. The fraction of sp³-hybridized carbons (Fsp3) is 0.500. The molecule has 2 heterocycles. The molecular weight excluding hydrogens is 394 g/mol. The number of nitrogens with one attached hydrogen (secondary N) is 3. The van der Waals surface area contributed by atoms with Crippen LogP contribution in [0.4, 0.5) is 10.6 Å². The fourth-order valence-electron chi connectivity index (χ4n) is 4.00. The molecule has 156 valence electrons. The van der Waals surface area contributed by atoms with E-state index >= 15 is 0 Å². The van der Waals surface area contributed by atoms with Gasteiger partial charge in [0.25, 0.3) is 0 Å². The van der Waals surface area contributed by atoms with Crippen molar-refractivity contribution in [3.05, 3.63) is 40.3 Å². The minimum atomic E-state index is -0.982. The number of H-pyrrole nitrogens is 1. The van der Waals surface area contributed by atoms with Crippen molar-refractivity contribution in [2.75, 3.05) is 5.32 Å². The van der Waals surface area contributed by atoms with Gasteiger partial charge in [-0.3, -0.25) is 14.9 Å². The van der Waals surface area contributed by atoms with E-state index in [0.29, 0.717) is 34.1 Å². The average molecular weight is 420 g/mol. The zero-order valence-electron chi connectivity index (χ0n) is 16.5. The van der Waals surface area contributed by atoms with Crippen LogP contribution in [0, 0.1) is 12.8 Å². The van der Waals surface area contributed by atoms with E-state index in [4.69, 9.17) is 16.7 Å². The first-order valence-corrected chi connectivity index (χ1v) is 10.1. The number of rotatable bonds is 7. The lowest BCUT2D eigenvalue weighted by Gasteiger charge is -2.16. The van der Waals surface area contributed by atoms with Crippen LogP contribution in [0.15, 0.2) is 18.2 Å². The summed E-state index contributed by atoms with van der Waals surface area (Å²) >= 11 is 5.97. The van der Waals surface area contributed by atoms with Crippen molar-refractivity contribution in [1.82, 2.24) is 20.5 Å². The highest BCUT2D eigenvalue weighted by Gasteiger charge is 2.28. The standard InChI is InChI=1S/C20H26ClN5O3/c1-11(22-20(28)29)7-13-3-4-14(8-13)17-10-18(26-25-17)24-19(27)9-15-5-6-16(21)12(2)23-15/h5-6,10-11,13-14,22H,3-4,7-9H2,1-2H3,(H,28,29)(H2,24,25,26,27). The monoisotopic (exact) mass is 419 g/mol. The molecule has 0 bridgehead atoms. The second kappa shape index (κ2) is 9.26. The first-order valence-electron chi connectivity index (χ1n) is 9.76. The molecule has 1 aliphatic rings. The third kappa shape index (κ3) is 5.93. The van der Waals surface area contributed by atoms with Crippen LogP contribution in [0.2, 0.25) is 5.02 Å². The van der Waals surface area contributed by atoms with E-state index in [1.807, 2.05) is 13.0 Å². The Labute approximate surface area is 174 Å². The van der Waals surface area contributed by atoms with Crippen molar-refractivity contribution in [3.8, 4) is 0 Å². The number of anilines is 1. The van der Waals surface area contributed by atoms with Crippen LogP contribution in [-0.2, 0) is 11.2 Å². The van der Waals surface area contributed by atoms with E-state index < -0.39 is 6.09 Å². The molecular formula is C20H26ClN5O3. The Morgan fingerprint density at radius 1 is 1.38 bits per heavy atom. The second-order valence-electron chi connectivity index (χ2n) is 7.77. The Morgan fingerprint density at radius 3 is 2.90 bits per heavy atom. The van der Waals surface area contributed by atoms with Crippen molar-refractivity contribution >= 4 is 29.4 Å². The number of carbonyl (C=O) groups is 2. The maximum atomic E-state index is 12.3. The molecule has 0 spiro atoms. The van der Waals surface area contributed by atoms with Crippen LogP contribution in [0.5, 0.6) is 0 Å². The van der Waals surface area contributed by atoms with Gasteiger partial charge in [-0.05, 0) is 57.6 Å². The normalized spacial score (nSPS) is 19.7. The molecule has 3 atom stereocenters. The highest BCUT2D eigenvalue weighted by atomic mass is 35.5. The Balaban J connectivity index is 1.51. The van der Waals surface area contributed by atoms with E-state index in [-0.39, 0.29) is 18.4 Å². The number of aromatic nitrogens is 3. The molecule has 29 heavy (non-hydrogen) atoms. The molecule has 4 N–H and O–H groups in total. The lowest BCUT2D eigenvalue weighted by atomic mass is 9.96. The summed E-state index contributed by atoms with van der Waals surface area (Å²) < 4.78 is 0. The summed E-state index contributed by atoms with van der Waals surface area (Å²) in [4.78, 5) is 27.3. The summed E-state index contributed by atoms with van der Waals surface area (Å²) in [6.07, 6.45) is 3.06. The van der Waals surface area contributed by atoms with Gasteiger partial charge in [-0.1, -0.05) is 11.6 Å². The number of carbonyl (C=O) groups excluding carboxylic acids is 1. The van der Waals surface area contributed by atoms with Crippen LogP contribution < -0.4 is 10.6 Å². The number of hydrogen-bond acceptors (Lipinski definition) is 4. The SMILES string of the molecule is Cc1nc(CC(=O)Nc2cc(C3CCC(CC(C)NC(=O)O)C3)[nH]n2)ccc1Cl. The molecule has 2 aromatic heterocycles. The molecule has 9 heteroatoms. The molecule has 2 aromatic rings. The van der Waals surface area contributed by atoms with Gasteiger partial charge in [0.05, 0.1) is 22.8 Å². The van der Waals surface area contributed by atoms with Gasteiger partial charge in [-0.2, -0.15) is 5.10 Å². The van der Waals surface area contributed by atoms with Crippen LogP contribution in [0.3, 0.4) is 0 Å². The predicted molar refractivity (Wildman–Crippen MR) is 110 cm³/mol. The van der Waals surface area contributed by atoms with Crippen molar-refractivity contribution in [3.63, 3.8) is 0 Å². The van der Waals surface area contributed by atoms with Gasteiger partial charge in [0.15, 0.2) is 5.82 Å². The molecule has 0 saturated heterocycles. The van der Waals surface area contributed by atoms with Crippen LogP contribution in [0.25, 0.3) is 0 Å². The highest BCUT2D eigenvalue weighted by Crippen LogP contribution is 2.40. The number of nitrogens with zero attached hydrogens (tertiary/aromatic N) is 2. The zero-order valence-corrected chi connectivity index (χ0v) is 17.3. The van der Waals surface area contributed by atoms with Gasteiger partial charge >= 0.3 is 6.09 Å². The Morgan fingerprint density at radius 2 is 2.17 bits per heavy atom. The second-order valence-corrected chi connectivity index (χ2v) is 8.17. The fourth-order valence-corrected chi connectivity index (χ4v) is 4.10. The number of amides is 2. The zero-order chi connectivity index (χ0) is 21.0. The van der Waals surface area contributed by atoms with Crippen molar-refractivity contribution in [2.24, 2.45) is 5.92 Å². The van der Waals surface area contributed by atoms with E-state index in [2.05, 4.69) is 25.8 Å². The first-order chi connectivity index (χ1) is 13.8. The summed E-state index contributed by atoms with van der Waals surface area (Å²) in [5.74, 6) is 1.13. The Hall–Kier alpha value is -2.61. The van der Waals surface area contributed by atoms with Gasteiger partial charge in [-0.15, -0.1) is 0 Å². The van der Waals surface area contributed by atoms with E-state index in [1.54, 1.807) is 19.1 Å². The maximum absolute atomic E-state index is 12.3. The van der Waals surface area contributed by atoms with Gasteiger partial charge in [0, 0.05) is 23.7 Å². The molecule has 2 amide bonds. The van der Waals surface area contributed by atoms with Gasteiger partial charge in [0.2, 0.25) is 5.91 Å². The summed E-state index contributed by atoms with van der Waals surface area (Å²) in [7, 11) is 0. The van der Waals surface area contributed by atoms with Crippen molar-refractivity contribution in [1.29, 1.82) is 0 Å². The van der Waals surface area contributed by atoms with Gasteiger partial charge < -0.3 is 15.7 Å². The molecule has 0 aliphatic heterocycles. The number of aryl methyl sites for hydroxylation is 1. The Kier molecular flexibility index (Phi) is 6.74. The molecule has 3 rings (SSSR count). The molecule has 0 aromatic carbocycles. The largest absolute Gasteiger partial charge is 0.465 e. The third-order valence-corrected chi connectivity index (χ3v) is 5.72. The third-order valence-electron chi connectivity index (χ3n) is 5.32. The molecule has 0 radical (unpaired) electrons. The maximum Gasteiger partial charge on any atom is 0.404 e. The number of halogens is 1.